The summed E-state index contributed by atoms with van der Waals surface area (Å²) in [6, 6.07) is 2.05. The van der Waals surface area contributed by atoms with Gasteiger partial charge in [-0.2, -0.15) is 5.26 Å². The van der Waals surface area contributed by atoms with E-state index in [0.717, 1.165) is 13.0 Å². The van der Waals surface area contributed by atoms with Crippen LogP contribution in [-0.4, -0.2) is 13.2 Å². The largest absolute Gasteiger partial charge is 0.302 e. The molecular formula is C6H12N2O. The maximum absolute atomic E-state index is 8.10. The van der Waals surface area contributed by atoms with Crippen molar-refractivity contribution >= 4 is 0 Å². The van der Waals surface area contributed by atoms with Gasteiger partial charge in [-0.3, -0.25) is 0 Å². The van der Waals surface area contributed by atoms with E-state index in [1.165, 1.54) is 0 Å². The molecule has 0 aliphatic carbocycles. The van der Waals surface area contributed by atoms with Crippen LogP contribution in [0.1, 0.15) is 19.8 Å². The van der Waals surface area contributed by atoms with Gasteiger partial charge in [0.2, 0.25) is 0 Å². The number of nitrogens with one attached hydrogen (secondary N) is 1. The van der Waals surface area contributed by atoms with Crippen molar-refractivity contribution < 1.29 is 4.84 Å². The third-order valence-corrected chi connectivity index (χ3v) is 0.814. The van der Waals surface area contributed by atoms with Crippen LogP contribution >= 0.6 is 0 Å². The quantitative estimate of drug-likeness (QED) is 0.440. The monoisotopic (exact) mass is 128 g/mol. The summed E-state index contributed by atoms with van der Waals surface area (Å²) in [6.07, 6.45) is 1.45. The molecule has 1 N–H and O–H groups in total. The van der Waals surface area contributed by atoms with Gasteiger partial charge in [0, 0.05) is 13.0 Å². The van der Waals surface area contributed by atoms with Gasteiger partial charge in [0.05, 0.1) is 12.7 Å². The predicted octanol–water partition coefficient (Wildman–Crippen LogP) is 0.831. The molecule has 0 amide bonds. The third kappa shape index (κ3) is 7.41. The van der Waals surface area contributed by atoms with Crippen molar-refractivity contribution in [2.24, 2.45) is 0 Å². The summed E-state index contributed by atoms with van der Waals surface area (Å²) in [4.78, 5) is 4.82. The summed E-state index contributed by atoms with van der Waals surface area (Å²) in [5, 5.41) is 8.10. The second kappa shape index (κ2) is 7.41. The van der Waals surface area contributed by atoms with E-state index >= 15 is 0 Å². The Balaban J connectivity index is 2.69. The van der Waals surface area contributed by atoms with Crippen molar-refractivity contribution in [1.82, 2.24) is 5.48 Å². The van der Waals surface area contributed by atoms with Crippen LogP contribution in [-0.2, 0) is 4.84 Å². The first-order valence-electron chi connectivity index (χ1n) is 3.13. The summed E-state index contributed by atoms with van der Waals surface area (Å²) in [6.45, 7) is 3.35. The summed E-state index contributed by atoms with van der Waals surface area (Å²) >= 11 is 0. The van der Waals surface area contributed by atoms with Crippen LogP contribution in [0.5, 0.6) is 0 Å². The van der Waals surface area contributed by atoms with Crippen LogP contribution in [0.4, 0.5) is 0 Å². The molecule has 0 spiro atoms. The zero-order chi connectivity index (χ0) is 6.95. The van der Waals surface area contributed by atoms with Gasteiger partial charge in [-0.1, -0.05) is 0 Å². The zero-order valence-electron chi connectivity index (χ0n) is 5.68. The molecule has 0 heterocycles. The van der Waals surface area contributed by atoms with E-state index in [1.54, 1.807) is 0 Å². The molecule has 0 aliphatic rings. The molecule has 0 atom stereocenters. The van der Waals surface area contributed by atoms with Gasteiger partial charge >= 0.3 is 0 Å². The highest BCUT2D eigenvalue weighted by molar-refractivity contribution is 4.67. The van der Waals surface area contributed by atoms with Crippen LogP contribution < -0.4 is 5.48 Å². The van der Waals surface area contributed by atoms with E-state index < -0.39 is 0 Å². The first kappa shape index (κ1) is 8.41. The second-order valence-corrected chi connectivity index (χ2v) is 1.59. The van der Waals surface area contributed by atoms with Gasteiger partial charge in [-0.25, -0.2) is 5.48 Å². The van der Waals surface area contributed by atoms with Gasteiger partial charge in [-0.05, 0) is 13.3 Å². The standard InChI is InChI=1S/C6H12N2O/c1-2-9-8-6-4-3-5-7/h8H,2-4,6H2,1H3. The van der Waals surface area contributed by atoms with Crippen LogP contribution in [0.25, 0.3) is 0 Å². The molecule has 0 aliphatic heterocycles. The number of nitrogens with zero attached hydrogens (tertiary/aromatic N) is 1. The van der Waals surface area contributed by atoms with E-state index in [4.69, 9.17) is 10.1 Å². The summed E-state index contributed by atoms with van der Waals surface area (Å²) < 4.78 is 0. The van der Waals surface area contributed by atoms with E-state index in [1.807, 2.05) is 13.0 Å². The number of rotatable bonds is 5. The average Bonchev–Trinajstić information content (AvgIpc) is 1.89. The molecule has 0 aromatic carbocycles. The fourth-order valence-electron chi connectivity index (χ4n) is 0.414. The Labute approximate surface area is 55.6 Å². The minimum Gasteiger partial charge on any atom is -0.302 e. The number of nitriles is 1. The Morgan fingerprint density at radius 2 is 2.44 bits per heavy atom. The molecule has 3 nitrogen and oxygen atoms in total. The van der Waals surface area contributed by atoms with Crippen molar-refractivity contribution in [1.29, 1.82) is 5.26 Å². The van der Waals surface area contributed by atoms with E-state index in [9.17, 15) is 0 Å². The van der Waals surface area contributed by atoms with Crippen molar-refractivity contribution in [2.45, 2.75) is 19.8 Å². The Kier molecular flexibility index (Phi) is 6.92. The molecular weight excluding hydrogens is 116 g/mol. The maximum Gasteiger partial charge on any atom is 0.0653 e. The fourth-order valence-corrected chi connectivity index (χ4v) is 0.414. The Bertz CT molecular complexity index is 87.5. The summed E-state index contributed by atoms with van der Waals surface area (Å²) in [5.41, 5.74) is 2.72. The van der Waals surface area contributed by atoms with Gasteiger partial charge in [-0.15, -0.1) is 0 Å². The highest BCUT2D eigenvalue weighted by Gasteiger charge is 1.83. The maximum atomic E-state index is 8.10. The molecule has 0 saturated carbocycles. The number of hydrogen-bond donors (Lipinski definition) is 1. The second-order valence-electron chi connectivity index (χ2n) is 1.59. The van der Waals surface area contributed by atoms with Crippen LogP contribution in [0.2, 0.25) is 0 Å². The first-order chi connectivity index (χ1) is 4.41. The highest BCUT2D eigenvalue weighted by atomic mass is 16.6. The number of hydroxylamine groups is 1. The van der Waals surface area contributed by atoms with E-state index in [0.29, 0.717) is 13.0 Å². The van der Waals surface area contributed by atoms with Gasteiger partial charge in [0.15, 0.2) is 0 Å². The smallest absolute Gasteiger partial charge is 0.0653 e. The summed E-state index contributed by atoms with van der Waals surface area (Å²) in [5.74, 6) is 0. The lowest BCUT2D eigenvalue weighted by Crippen LogP contribution is -2.15. The fraction of sp³-hybridized carbons (Fsp3) is 0.833. The van der Waals surface area contributed by atoms with Crippen molar-refractivity contribution in [3.63, 3.8) is 0 Å². The molecule has 9 heavy (non-hydrogen) atoms. The first-order valence-corrected chi connectivity index (χ1v) is 3.13. The molecule has 0 unspecified atom stereocenters. The van der Waals surface area contributed by atoms with E-state index in [-0.39, 0.29) is 0 Å². The third-order valence-electron chi connectivity index (χ3n) is 0.814. The molecule has 52 valence electrons. The van der Waals surface area contributed by atoms with Crippen LogP contribution in [0.15, 0.2) is 0 Å². The molecule has 0 bridgehead atoms. The summed E-state index contributed by atoms with van der Waals surface area (Å²) in [7, 11) is 0. The molecule has 0 aromatic heterocycles. The van der Waals surface area contributed by atoms with Crippen LogP contribution in [0.3, 0.4) is 0 Å². The van der Waals surface area contributed by atoms with Crippen molar-refractivity contribution in [3.8, 4) is 6.07 Å². The normalized spacial score (nSPS) is 8.89. The molecule has 0 fully saturated rings. The van der Waals surface area contributed by atoms with Crippen LogP contribution in [0, 0.1) is 11.3 Å². The predicted molar refractivity (Wildman–Crippen MR) is 34.5 cm³/mol. The van der Waals surface area contributed by atoms with Gasteiger partial charge < -0.3 is 4.84 Å². The van der Waals surface area contributed by atoms with Gasteiger partial charge in [0.1, 0.15) is 0 Å². The molecule has 0 aromatic rings. The Hall–Kier alpha value is -0.590. The molecule has 0 saturated heterocycles. The minimum absolute atomic E-state index is 0.597. The molecule has 3 heteroatoms. The van der Waals surface area contributed by atoms with Crippen molar-refractivity contribution in [3.05, 3.63) is 0 Å². The SMILES string of the molecule is CCONCCCC#N. The van der Waals surface area contributed by atoms with Gasteiger partial charge in [0.25, 0.3) is 0 Å². The lowest BCUT2D eigenvalue weighted by Gasteiger charge is -1.98. The molecule has 0 rings (SSSR count). The average molecular weight is 128 g/mol. The van der Waals surface area contributed by atoms with Crippen molar-refractivity contribution in [2.75, 3.05) is 13.2 Å². The lowest BCUT2D eigenvalue weighted by molar-refractivity contribution is 0.0507. The zero-order valence-corrected chi connectivity index (χ0v) is 5.68. The topological polar surface area (TPSA) is 45.0 Å². The highest BCUT2D eigenvalue weighted by Crippen LogP contribution is 1.81. The molecule has 0 radical (unpaired) electrons. The number of unbranched alkanes of at least 4 members (excludes halogenated alkanes) is 1. The lowest BCUT2D eigenvalue weighted by atomic mass is 10.3. The number of hydrogen-bond acceptors (Lipinski definition) is 3. The Morgan fingerprint density at radius 3 is 3.00 bits per heavy atom. The van der Waals surface area contributed by atoms with E-state index in [2.05, 4.69) is 5.48 Å². The minimum atomic E-state index is 0.597. The Morgan fingerprint density at radius 1 is 1.67 bits per heavy atom.